The fraction of sp³-hybridized carbons (Fsp3) is 0.588. The van der Waals surface area contributed by atoms with Gasteiger partial charge in [0, 0.05) is 12.0 Å². The van der Waals surface area contributed by atoms with Crippen molar-refractivity contribution in [1.82, 2.24) is 0 Å². The Morgan fingerprint density at radius 2 is 1.80 bits per heavy atom. The van der Waals surface area contributed by atoms with Gasteiger partial charge in [0.1, 0.15) is 11.5 Å². The molecule has 20 heavy (non-hydrogen) atoms. The Bertz CT molecular complexity index is 549. The normalized spacial score (nSPS) is 36.6. The fourth-order valence-corrected chi connectivity index (χ4v) is 4.86. The molecule has 0 amide bonds. The van der Waals surface area contributed by atoms with Gasteiger partial charge in [-0.2, -0.15) is 0 Å². The van der Waals surface area contributed by atoms with Crippen molar-refractivity contribution in [3.63, 3.8) is 0 Å². The number of carbonyl (C=O) groups excluding carboxylic acids is 1. The lowest BCUT2D eigenvalue weighted by molar-refractivity contribution is 0.0941. The van der Waals surface area contributed by atoms with Crippen LogP contribution in [0.25, 0.3) is 0 Å². The van der Waals surface area contributed by atoms with Crippen LogP contribution in [0.3, 0.4) is 0 Å². The number of hydrogen-bond acceptors (Lipinski definition) is 3. The van der Waals surface area contributed by atoms with Crippen LogP contribution >= 0.6 is 0 Å². The van der Waals surface area contributed by atoms with E-state index in [-0.39, 0.29) is 11.7 Å². The van der Waals surface area contributed by atoms with Crippen molar-refractivity contribution in [1.29, 1.82) is 0 Å². The Labute approximate surface area is 119 Å². The molecule has 106 valence electrons. The van der Waals surface area contributed by atoms with Crippen molar-refractivity contribution in [2.45, 2.75) is 19.3 Å². The van der Waals surface area contributed by atoms with Gasteiger partial charge < -0.3 is 9.47 Å². The van der Waals surface area contributed by atoms with Crippen LogP contribution in [0.2, 0.25) is 0 Å². The van der Waals surface area contributed by atoms with Crippen LogP contribution in [0.5, 0.6) is 11.5 Å². The molecule has 0 aliphatic heterocycles. The van der Waals surface area contributed by atoms with E-state index in [9.17, 15) is 4.79 Å². The molecule has 3 aliphatic rings. The lowest BCUT2D eigenvalue weighted by Gasteiger charge is -2.12. The maximum Gasteiger partial charge on any atom is 0.170 e. The van der Waals surface area contributed by atoms with Crippen LogP contribution in [0.15, 0.2) is 18.2 Å². The Hall–Kier alpha value is -1.51. The molecule has 0 N–H and O–H groups in total. The van der Waals surface area contributed by atoms with E-state index in [4.69, 9.17) is 9.47 Å². The van der Waals surface area contributed by atoms with Gasteiger partial charge in [0.15, 0.2) is 5.78 Å². The predicted molar refractivity (Wildman–Crippen MR) is 75.2 cm³/mol. The average Bonchev–Trinajstić information content (AvgIpc) is 2.93. The van der Waals surface area contributed by atoms with Crippen LogP contribution in [-0.4, -0.2) is 20.0 Å². The highest BCUT2D eigenvalue weighted by atomic mass is 16.5. The summed E-state index contributed by atoms with van der Waals surface area (Å²) in [6.07, 6.45) is 4.06. The highest BCUT2D eigenvalue weighted by Crippen LogP contribution is 2.70. The lowest BCUT2D eigenvalue weighted by Crippen LogP contribution is -2.11. The highest BCUT2D eigenvalue weighted by molar-refractivity contribution is 6.02. The molecule has 3 nitrogen and oxygen atoms in total. The van der Waals surface area contributed by atoms with Gasteiger partial charge in [0.25, 0.3) is 0 Å². The Morgan fingerprint density at radius 1 is 1.10 bits per heavy atom. The number of benzene rings is 1. The second kappa shape index (κ2) is 4.24. The number of methoxy groups -OCH3 is 2. The summed E-state index contributed by atoms with van der Waals surface area (Å²) in [5.41, 5.74) is 0.729. The Kier molecular flexibility index (Phi) is 2.60. The van der Waals surface area contributed by atoms with E-state index in [1.807, 2.05) is 12.1 Å². The topological polar surface area (TPSA) is 35.5 Å². The third kappa shape index (κ3) is 1.55. The van der Waals surface area contributed by atoms with E-state index in [0.29, 0.717) is 17.6 Å². The molecule has 3 aliphatic carbocycles. The quantitative estimate of drug-likeness (QED) is 0.790. The van der Waals surface area contributed by atoms with Gasteiger partial charge in [-0.1, -0.05) is 0 Å². The maximum absolute atomic E-state index is 12.8. The third-order valence-corrected chi connectivity index (χ3v) is 5.71. The van der Waals surface area contributed by atoms with Crippen molar-refractivity contribution in [2.75, 3.05) is 14.2 Å². The first-order chi connectivity index (χ1) is 9.74. The molecule has 3 saturated carbocycles. The number of rotatable bonds is 4. The van der Waals surface area contributed by atoms with Crippen LogP contribution in [0, 0.1) is 29.6 Å². The van der Waals surface area contributed by atoms with Crippen LogP contribution in [0.4, 0.5) is 0 Å². The lowest BCUT2D eigenvalue weighted by atomic mass is 9.96. The third-order valence-electron chi connectivity index (χ3n) is 5.71. The zero-order chi connectivity index (χ0) is 13.9. The van der Waals surface area contributed by atoms with Gasteiger partial charge in [0.05, 0.1) is 19.8 Å². The summed E-state index contributed by atoms with van der Waals surface area (Å²) in [5, 5.41) is 0. The molecular weight excluding hydrogens is 252 g/mol. The Morgan fingerprint density at radius 3 is 2.40 bits per heavy atom. The number of hydrogen-bond donors (Lipinski definition) is 0. The molecule has 0 heterocycles. The summed E-state index contributed by atoms with van der Waals surface area (Å²) in [6.45, 7) is 0. The monoisotopic (exact) mass is 272 g/mol. The molecule has 4 atom stereocenters. The van der Waals surface area contributed by atoms with Crippen LogP contribution in [-0.2, 0) is 0 Å². The Balaban J connectivity index is 1.61. The number of ether oxygens (including phenoxy) is 2. The minimum atomic E-state index is 0.267. The first-order valence-corrected chi connectivity index (χ1v) is 7.51. The van der Waals surface area contributed by atoms with Gasteiger partial charge in [0.2, 0.25) is 0 Å². The summed E-state index contributed by atoms with van der Waals surface area (Å²) < 4.78 is 10.6. The molecular formula is C17H20O3. The number of Topliss-reactive ketones (excluding diaryl/α,β-unsaturated/α-hetero) is 1. The molecule has 2 bridgehead atoms. The number of ketones is 1. The second-order valence-electron chi connectivity index (χ2n) is 6.44. The van der Waals surface area contributed by atoms with Crippen molar-refractivity contribution in [3.8, 4) is 11.5 Å². The van der Waals surface area contributed by atoms with Gasteiger partial charge in [-0.15, -0.1) is 0 Å². The van der Waals surface area contributed by atoms with Crippen LogP contribution in [0.1, 0.15) is 29.6 Å². The molecule has 3 fully saturated rings. The van der Waals surface area contributed by atoms with Crippen molar-refractivity contribution < 1.29 is 14.3 Å². The maximum atomic E-state index is 12.8. The first kappa shape index (κ1) is 12.2. The van der Waals surface area contributed by atoms with Crippen LogP contribution < -0.4 is 9.47 Å². The second-order valence-corrected chi connectivity index (χ2v) is 6.44. The van der Waals surface area contributed by atoms with Gasteiger partial charge in [-0.3, -0.25) is 4.79 Å². The smallest absolute Gasteiger partial charge is 0.170 e. The molecule has 0 saturated heterocycles. The summed E-state index contributed by atoms with van der Waals surface area (Å²) in [7, 11) is 3.24. The van der Waals surface area contributed by atoms with Crippen molar-refractivity contribution in [3.05, 3.63) is 23.8 Å². The number of fused-ring (bicyclic) bond motifs is 5. The van der Waals surface area contributed by atoms with Gasteiger partial charge in [-0.05, 0) is 55.1 Å². The molecule has 4 unspecified atom stereocenters. The minimum Gasteiger partial charge on any atom is -0.497 e. The fourth-order valence-electron chi connectivity index (χ4n) is 4.86. The molecule has 3 heteroatoms. The van der Waals surface area contributed by atoms with Crippen molar-refractivity contribution in [2.24, 2.45) is 29.6 Å². The molecule has 0 spiro atoms. The van der Waals surface area contributed by atoms with E-state index in [2.05, 4.69) is 0 Å². The highest BCUT2D eigenvalue weighted by Gasteiger charge is 2.67. The molecule has 1 aromatic rings. The summed E-state index contributed by atoms with van der Waals surface area (Å²) in [5.74, 6) is 4.92. The number of carbonyl (C=O) groups is 1. The predicted octanol–water partition coefficient (Wildman–Crippen LogP) is 3.18. The molecule has 4 rings (SSSR count). The molecule has 1 aromatic carbocycles. The van der Waals surface area contributed by atoms with E-state index in [1.165, 1.54) is 19.3 Å². The standard InChI is InChI=1S/C17H20O3/c1-19-11-5-6-12(13(8-11)20-2)17(18)16-14-9-3-4-10(7-9)15(14)16/h5-6,8-10,14-16H,3-4,7H2,1-2H3. The van der Waals surface area contributed by atoms with Gasteiger partial charge >= 0.3 is 0 Å². The SMILES string of the molecule is COc1ccc(C(=O)C2C3C4CCC(C4)C23)c(OC)c1. The van der Waals surface area contributed by atoms with E-state index >= 15 is 0 Å². The zero-order valence-corrected chi connectivity index (χ0v) is 12.0. The van der Waals surface area contributed by atoms with E-state index in [0.717, 1.165) is 23.1 Å². The summed E-state index contributed by atoms with van der Waals surface area (Å²) in [4.78, 5) is 12.8. The molecule has 0 aromatic heterocycles. The largest absolute Gasteiger partial charge is 0.497 e. The minimum absolute atomic E-state index is 0.267. The van der Waals surface area contributed by atoms with E-state index in [1.54, 1.807) is 20.3 Å². The zero-order valence-electron chi connectivity index (χ0n) is 12.0. The molecule has 0 radical (unpaired) electrons. The van der Waals surface area contributed by atoms with E-state index < -0.39 is 0 Å². The summed E-state index contributed by atoms with van der Waals surface area (Å²) in [6, 6.07) is 5.51. The summed E-state index contributed by atoms with van der Waals surface area (Å²) >= 11 is 0. The van der Waals surface area contributed by atoms with Crippen molar-refractivity contribution >= 4 is 5.78 Å². The van der Waals surface area contributed by atoms with Gasteiger partial charge in [-0.25, -0.2) is 0 Å². The average molecular weight is 272 g/mol. The first-order valence-electron chi connectivity index (χ1n) is 7.51.